The Labute approximate surface area is 125 Å². The number of ether oxygens (including phenoxy) is 1. The molecule has 0 aromatic heterocycles. The van der Waals surface area contributed by atoms with Crippen molar-refractivity contribution in [3.05, 3.63) is 23.8 Å². The van der Waals surface area contributed by atoms with Gasteiger partial charge in [0.1, 0.15) is 6.04 Å². The van der Waals surface area contributed by atoms with Crippen molar-refractivity contribution >= 4 is 5.97 Å². The van der Waals surface area contributed by atoms with Gasteiger partial charge in [-0.2, -0.15) is 0 Å². The molecule has 1 aromatic carbocycles. The number of para-hydroxylation sites is 1. The zero-order chi connectivity index (χ0) is 15.8. The maximum Gasteiger partial charge on any atom is 0.325 e. The highest BCUT2D eigenvalue weighted by atomic mass is 16.5. The number of hydrogen-bond donors (Lipinski definition) is 3. The first-order valence-corrected chi connectivity index (χ1v) is 7.03. The molecule has 0 bridgehead atoms. The van der Waals surface area contributed by atoms with Gasteiger partial charge in [-0.15, -0.1) is 0 Å². The van der Waals surface area contributed by atoms with Gasteiger partial charge in [0.2, 0.25) is 0 Å². The summed E-state index contributed by atoms with van der Waals surface area (Å²) in [7, 11) is 3.93. The molecule has 0 spiro atoms. The van der Waals surface area contributed by atoms with Crippen LogP contribution in [0.2, 0.25) is 0 Å². The smallest absolute Gasteiger partial charge is 0.325 e. The molecule has 0 aliphatic carbocycles. The van der Waals surface area contributed by atoms with Crippen LogP contribution in [0, 0.1) is 0 Å². The van der Waals surface area contributed by atoms with E-state index in [1.807, 2.05) is 19.0 Å². The first-order valence-electron chi connectivity index (χ1n) is 7.03. The molecule has 3 N–H and O–H groups in total. The van der Waals surface area contributed by atoms with Crippen molar-refractivity contribution in [2.75, 3.05) is 33.8 Å². The maximum absolute atomic E-state index is 11.4. The highest BCUT2D eigenvalue weighted by Crippen LogP contribution is 2.33. The Morgan fingerprint density at radius 1 is 1.43 bits per heavy atom. The predicted molar refractivity (Wildman–Crippen MR) is 80.8 cm³/mol. The van der Waals surface area contributed by atoms with Gasteiger partial charge in [0.25, 0.3) is 0 Å². The lowest BCUT2D eigenvalue weighted by Gasteiger charge is -2.18. The van der Waals surface area contributed by atoms with Crippen molar-refractivity contribution in [1.29, 1.82) is 0 Å². The normalized spacial score (nSPS) is 12.4. The Morgan fingerprint density at radius 3 is 2.71 bits per heavy atom. The summed E-state index contributed by atoms with van der Waals surface area (Å²) in [6.45, 7) is 3.63. The third kappa shape index (κ3) is 5.24. The Bertz CT molecular complexity index is 463. The number of carboxylic acids is 1. The van der Waals surface area contributed by atoms with Crippen LogP contribution in [0.4, 0.5) is 0 Å². The fraction of sp³-hybridized carbons (Fsp3) is 0.533. The van der Waals surface area contributed by atoms with Gasteiger partial charge in [-0.1, -0.05) is 12.1 Å². The lowest BCUT2D eigenvalue weighted by Crippen LogP contribution is -2.30. The molecule has 0 amide bonds. The minimum absolute atomic E-state index is 0.119. The maximum atomic E-state index is 11.4. The molecule has 118 valence electrons. The molecule has 21 heavy (non-hydrogen) atoms. The Kier molecular flexibility index (Phi) is 6.98. The molecule has 0 heterocycles. The van der Waals surface area contributed by atoms with Crippen molar-refractivity contribution < 1.29 is 19.7 Å². The summed E-state index contributed by atoms with van der Waals surface area (Å²) in [5, 5.41) is 22.5. The lowest BCUT2D eigenvalue weighted by atomic mass is 10.0. The summed E-state index contributed by atoms with van der Waals surface area (Å²) in [4.78, 5) is 13.5. The van der Waals surface area contributed by atoms with E-state index in [2.05, 4.69) is 5.32 Å². The van der Waals surface area contributed by atoms with Gasteiger partial charge in [-0.3, -0.25) is 4.79 Å². The monoisotopic (exact) mass is 296 g/mol. The molecule has 0 fully saturated rings. The first-order chi connectivity index (χ1) is 9.97. The molecule has 6 nitrogen and oxygen atoms in total. The molecule has 0 radical (unpaired) electrons. The van der Waals surface area contributed by atoms with E-state index in [9.17, 15) is 15.0 Å². The van der Waals surface area contributed by atoms with Crippen LogP contribution >= 0.6 is 0 Å². The number of rotatable bonds is 9. The molecular weight excluding hydrogens is 272 g/mol. The zero-order valence-electron chi connectivity index (χ0n) is 12.8. The second kappa shape index (κ2) is 8.49. The van der Waals surface area contributed by atoms with Gasteiger partial charge in [0, 0.05) is 5.56 Å². The highest BCUT2D eigenvalue weighted by molar-refractivity contribution is 5.77. The van der Waals surface area contributed by atoms with Crippen LogP contribution in [0.5, 0.6) is 11.5 Å². The largest absolute Gasteiger partial charge is 0.504 e. The minimum atomic E-state index is -1.02. The standard InChI is InChI=1S/C15H24N2O4/c1-4-21-12-8-5-7-11(14(12)18)13(15(19)20)16-9-6-10-17(2)3/h5,7-8,13,16,18H,4,6,9-10H2,1-3H3,(H,19,20). The lowest BCUT2D eigenvalue weighted by molar-refractivity contribution is -0.139. The summed E-state index contributed by atoms with van der Waals surface area (Å²) in [6, 6.07) is 3.94. The van der Waals surface area contributed by atoms with Crippen molar-refractivity contribution in [1.82, 2.24) is 10.2 Å². The number of carboxylic acid groups (broad SMARTS) is 1. The van der Waals surface area contributed by atoms with Crippen molar-refractivity contribution in [2.24, 2.45) is 0 Å². The van der Waals surface area contributed by atoms with Gasteiger partial charge in [0.05, 0.1) is 6.61 Å². The Balaban J connectivity index is 2.81. The summed E-state index contributed by atoms with van der Waals surface area (Å²) in [5.41, 5.74) is 0.318. The number of benzene rings is 1. The summed E-state index contributed by atoms with van der Waals surface area (Å²) in [6.07, 6.45) is 0.822. The molecule has 0 saturated carbocycles. The number of hydrogen-bond acceptors (Lipinski definition) is 5. The van der Waals surface area contributed by atoms with E-state index < -0.39 is 12.0 Å². The van der Waals surface area contributed by atoms with E-state index in [0.29, 0.717) is 24.5 Å². The van der Waals surface area contributed by atoms with Crippen LogP contribution in [0.3, 0.4) is 0 Å². The average Bonchev–Trinajstić information content (AvgIpc) is 2.41. The summed E-state index contributed by atoms with van der Waals surface area (Å²) < 4.78 is 5.29. The van der Waals surface area contributed by atoms with Crippen LogP contribution in [0.15, 0.2) is 18.2 Å². The molecule has 1 rings (SSSR count). The number of phenolic OH excluding ortho intramolecular Hbond substituents is 1. The Hall–Kier alpha value is -1.79. The third-order valence-electron chi connectivity index (χ3n) is 3.02. The molecule has 0 aliphatic rings. The van der Waals surface area contributed by atoms with E-state index in [1.165, 1.54) is 0 Å². The molecule has 0 aliphatic heterocycles. The number of nitrogens with one attached hydrogen (secondary N) is 1. The topological polar surface area (TPSA) is 82.0 Å². The molecule has 1 atom stereocenters. The van der Waals surface area contributed by atoms with Crippen molar-refractivity contribution in [3.8, 4) is 11.5 Å². The van der Waals surface area contributed by atoms with Gasteiger partial charge in [-0.25, -0.2) is 0 Å². The quantitative estimate of drug-likeness (QED) is 0.599. The average molecular weight is 296 g/mol. The number of phenols is 1. The third-order valence-corrected chi connectivity index (χ3v) is 3.02. The molecular formula is C15H24N2O4. The van der Waals surface area contributed by atoms with Gasteiger partial charge in [0.15, 0.2) is 11.5 Å². The van der Waals surface area contributed by atoms with Gasteiger partial charge in [-0.05, 0) is 46.6 Å². The first kappa shape index (κ1) is 17.3. The van der Waals surface area contributed by atoms with E-state index in [-0.39, 0.29) is 5.75 Å². The van der Waals surface area contributed by atoms with E-state index >= 15 is 0 Å². The van der Waals surface area contributed by atoms with Crippen LogP contribution in [-0.4, -0.2) is 54.9 Å². The fourth-order valence-electron chi connectivity index (χ4n) is 2.02. The molecule has 1 aromatic rings. The predicted octanol–water partition coefficient (Wildman–Crippen LogP) is 1.46. The highest BCUT2D eigenvalue weighted by Gasteiger charge is 2.23. The van der Waals surface area contributed by atoms with Crippen LogP contribution in [0.1, 0.15) is 24.9 Å². The second-order valence-corrected chi connectivity index (χ2v) is 5.01. The number of nitrogens with zero attached hydrogens (tertiary/aromatic N) is 1. The van der Waals surface area contributed by atoms with Crippen LogP contribution in [-0.2, 0) is 4.79 Å². The van der Waals surface area contributed by atoms with Crippen molar-refractivity contribution in [3.63, 3.8) is 0 Å². The molecule has 0 saturated heterocycles. The molecule has 6 heteroatoms. The minimum Gasteiger partial charge on any atom is -0.504 e. The van der Waals surface area contributed by atoms with E-state index in [0.717, 1.165) is 13.0 Å². The van der Waals surface area contributed by atoms with Crippen molar-refractivity contribution in [2.45, 2.75) is 19.4 Å². The SMILES string of the molecule is CCOc1cccc(C(NCCCN(C)C)C(=O)O)c1O. The van der Waals surface area contributed by atoms with E-state index in [1.54, 1.807) is 25.1 Å². The second-order valence-electron chi connectivity index (χ2n) is 5.01. The van der Waals surface area contributed by atoms with Crippen LogP contribution < -0.4 is 10.1 Å². The Morgan fingerprint density at radius 2 is 2.14 bits per heavy atom. The van der Waals surface area contributed by atoms with Crippen LogP contribution in [0.25, 0.3) is 0 Å². The summed E-state index contributed by atoms with van der Waals surface area (Å²) in [5.74, 6) is -0.841. The zero-order valence-corrected chi connectivity index (χ0v) is 12.8. The number of carbonyl (C=O) groups is 1. The number of aliphatic carboxylic acids is 1. The fourth-order valence-corrected chi connectivity index (χ4v) is 2.02. The van der Waals surface area contributed by atoms with E-state index in [4.69, 9.17) is 4.74 Å². The molecule has 1 unspecified atom stereocenters. The van der Waals surface area contributed by atoms with Gasteiger partial charge < -0.3 is 25.2 Å². The summed E-state index contributed by atoms with van der Waals surface area (Å²) >= 11 is 0. The van der Waals surface area contributed by atoms with Gasteiger partial charge >= 0.3 is 5.97 Å². The number of aromatic hydroxyl groups is 1.